The molecule has 0 aromatic carbocycles. The number of hydrogen-bond donors (Lipinski definition) is 1. The number of aromatic amines is 1. The summed E-state index contributed by atoms with van der Waals surface area (Å²) in [4.78, 5) is 28.4. The van der Waals surface area contributed by atoms with Crippen molar-refractivity contribution in [3.63, 3.8) is 0 Å². The third kappa shape index (κ3) is 4.16. The quantitative estimate of drug-likeness (QED) is 0.423. The molecule has 1 N–H and O–H groups in total. The SMILES string of the molecule is CCOC(=O)c1c(C)[nH]c(C)c1C(=O)CSc1nnc(C)n1C1CCCCC1. The van der Waals surface area contributed by atoms with Crippen molar-refractivity contribution in [3.05, 3.63) is 28.3 Å². The van der Waals surface area contributed by atoms with Gasteiger partial charge >= 0.3 is 5.97 Å². The molecule has 0 amide bonds. The Morgan fingerprint density at radius 2 is 1.79 bits per heavy atom. The monoisotopic (exact) mass is 404 g/mol. The van der Waals surface area contributed by atoms with E-state index in [1.165, 1.54) is 31.0 Å². The molecule has 28 heavy (non-hydrogen) atoms. The fourth-order valence-corrected chi connectivity index (χ4v) is 4.92. The molecular weight excluding hydrogens is 376 g/mol. The first-order chi connectivity index (χ1) is 13.4. The van der Waals surface area contributed by atoms with Gasteiger partial charge in [0.25, 0.3) is 0 Å². The normalized spacial score (nSPS) is 15.0. The molecule has 1 aliphatic carbocycles. The lowest BCUT2D eigenvalue weighted by molar-refractivity contribution is 0.0522. The number of nitrogens with one attached hydrogen (secondary N) is 1. The summed E-state index contributed by atoms with van der Waals surface area (Å²) >= 11 is 1.39. The summed E-state index contributed by atoms with van der Waals surface area (Å²) in [7, 11) is 0. The summed E-state index contributed by atoms with van der Waals surface area (Å²) in [6.45, 7) is 7.58. The van der Waals surface area contributed by atoms with E-state index in [1.54, 1.807) is 13.8 Å². The van der Waals surface area contributed by atoms with E-state index in [-0.39, 0.29) is 18.1 Å². The van der Waals surface area contributed by atoms with Gasteiger partial charge in [-0.2, -0.15) is 0 Å². The second kappa shape index (κ2) is 8.94. The van der Waals surface area contributed by atoms with Crippen molar-refractivity contribution in [2.24, 2.45) is 0 Å². The molecule has 0 spiro atoms. The zero-order valence-electron chi connectivity index (χ0n) is 17.0. The van der Waals surface area contributed by atoms with Crippen LogP contribution < -0.4 is 0 Å². The highest BCUT2D eigenvalue weighted by Crippen LogP contribution is 2.33. The summed E-state index contributed by atoms with van der Waals surface area (Å²) in [5.41, 5.74) is 2.11. The van der Waals surface area contributed by atoms with Gasteiger partial charge in [-0.05, 0) is 40.5 Å². The molecule has 8 heteroatoms. The second-order valence-electron chi connectivity index (χ2n) is 7.25. The summed E-state index contributed by atoms with van der Waals surface area (Å²) in [6.07, 6.45) is 5.97. The van der Waals surface area contributed by atoms with Crippen LogP contribution in [0.2, 0.25) is 0 Å². The molecule has 2 aromatic heterocycles. The van der Waals surface area contributed by atoms with Gasteiger partial charge in [0.2, 0.25) is 0 Å². The van der Waals surface area contributed by atoms with E-state index in [9.17, 15) is 9.59 Å². The number of ketones is 1. The number of aromatic nitrogens is 4. The van der Waals surface area contributed by atoms with Crippen LogP contribution in [0.25, 0.3) is 0 Å². The van der Waals surface area contributed by atoms with Crippen molar-refractivity contribution < 1.29 is 14.3 Å². The predicted octanol–water partition coefficient (Wildman–Crippen LogP) is 4.19. The van der Waals surface area contributed by atoms with E-state index in [0.717, 1.165) is 23.8 Å². The Labute approximate surface area is 169 Å². The standard InChI is InChI=1S/C20H28N4O3S/c1-5-27-19(26)18-13(3)21-12(2)17(18)16(25)11-28-20-23-22-14(4)24(20)15-9-7-6-8-10-15/h15,21H,5-11H2,1-4H3. The van der Waals surface area contributed by atoms with Gasteiger partial charge in [-0.15, -0.1) is 10.2 Å². The molecule has 7 nitrogen and oxygen atoms in total. The van der Waals surface area contributed by atoms with E-state index in [1.807, 2.05) is 13.8 Å². The van der Waals surface area contributed by atoms with Crippen molar-refractivity contribution >= 4 is 23.5 Å². The third-order valence-corrected chi connectivity index (χ3v) is 6.18. The molecule has 0 saturated heterocycles. The summed E-state index contributed by atoms with van der Waals surface area (Å²) in [6, 6.07) is 0.410. The van der Waals surface area contributed by atoms with Gasteiger partial charge in [-0.25, -0.2) is 4.79 Å². The number of carbonyl (C=O) groups excluding carboxylic acids is 2. The number of nitrogens with zero attached hydrogens (tertiary/aromatic N) is 3. The largest absolute Gasteiger partial charge is 0.462 e. The smallest absolute Gasteiger partial charge is 0.340 e. The number of ether oxygens (including phenoxy) is 1. The average molecular weight is 405 g/mol. The molecule has 1 aliphatic rings. The first kappa shape index (κ1) is 20.6. The third-order valence-electron chi connectivity index (χ3n) is 5.24. The highest BCUT2D eigenvalue weighted by molar-refractivity contribution is 7.99. The van der Waals surface area contributed by atoms with Crippen molar-refractivity contribution in [2.45, 2.75) is 71.0 Å². The zero-order valence-corrected chi connectivity index (χ0v) is 17.8. The van der Waals surface area contributed by atoms with Crippen molar-refractivity contribution in [1.82, 2.24) is 19.7 Å². The van der Waals surface area contributed by atoms with Gasteiger partial charge in [0.15, 0.2) is 10.9 Å². The maximum atomic E-state index is 13.0. The van der Waals surface area contributed by atoms with E-state index in [0.29, 0.717) is 28.6 Å². The van der Waals surface area contributed by atoms with Gasteiger partial charge < -0.3 is 14.3 Å². The Morgan fingerprint density at radius 3 is 2.46 bits per heavy atom. The van der Waals surface area contributed by atoms with Crippen LogP contribution in [-0.2, 0) is 4.74 Å². The maximum Gasteiger partial charge on any atom is 0.340 e. The molecular formula is C20H28N4O3S. The molecule has 1 saturated carbocycles. The molecule has 0 bridgehead atoms. The molecule has 0 atom stereocenters. The molecule has 1 fully saturated rings. The topological polar surface area (TPSA) is 89.9 Å². The zero-order chi connectivity index (χ0) is 20.3. The average Bonchev–Trinajstić information content (AvgIpc) is 3.19. The van der Waals surface area contributed by atoms with E-state index in [4.69, 9.17) is 4.74 Å². The molecule has 0 unspecified atom stereocenters. The van der Waals surface area contributed by atoms with Crippen LogP contribution in [0.1, 0.15) is 83.0 Å². The minimum Gasteiger partial charge on any atom is -0.462 e. The predicted molar refractivity (Wildman–Crippen MR) is 108 cm³/mol. The lowest BCUT2D eigenvalue weighted by atomic mass is 9.95. The summed E-state index contributed by atoms with van der Waals surface area (Å²) in [5, 5.41) is 9.31. The number of esters is 1. The lowest BCUT2D eigenvalue weighted by Gasteiger charge is -2.24. The summed E-state index contributed by atoms with van der Waals surface area (Å²) in [5.74, 6) is 0.530. The fraction of sp³-hybridized carbons (Fsp3) is 0.600. The minimum atomic E-state index is -0.459. The Morgan fingerprint density at radius 1 is 1.11 bits per heavy atom. The van der Waals surface area contributed by atoms with Gasteiger partial charge in [0.05, 0.1) is 23.5 Å². The van der Waals surface area contributed by atoms with Crippen molar-refractivity contribution in [1.29, 1.82) is 0 Å². The number of H-pyrrole nitrogens is 1. The summed E-state index contributed by atoms with van der Waals surface area (Å²) < 4.78 is 7.31. The van der Waals surface area contributed by atoms with Crippen LogP contribution in [0.15, 0.2) is 5.16 Å². The van der Waals surface area contributed by atoms with E-state index in [2.05, 4.69) is 19.7 Å². The van der Waals surface area contributed by atoms with Crippen LogP contribution in [0.4, 0.5) is 0 Å². The van der Waals surface area contributed by atoms with Gasteiger partial charge in [-0.3, -0.25) is 4.79 Å². The van der Waals surface area contributed by atoms with Crippen LogP contribution >= 0.6 is 11.8 Å². The number of carbonyl (C=O) groups is 2. The molecule has 3 rings (SSSR count). The minimum absolute atomic E-state index is 0.106. The molecule has 0 radical (unpaired) electrons. The number of Topliss-reactive ketones (excluding diaryl/α,β-unsaturated/α-hetero) is 1. The Kier molecular flexibility index (Phi) is 6.59. The highest BCUT2D eigenvalue weighted by atomic mass is 32.2. The Bertz CT molecular complexity index is 865. The molecule has 2 aromatic rings. The Hall–Kier alpha value is -2.09. The second-order valence-corrected chi connectivity index (χ2v) is 8.19. The van der Waals surface area contributed by atoms with Crippen molar-refractivity contribution in [2.75, 3.05) is 12.4 Å². The van der Waals surface area contributed by atoms with Crippen LogP contribution in [0.3, 0.4) is 0 Å². The van der Waals surface area contributed by atoms with E-state index < -0.39 is 5.97 Å². The van der Waals surface area contributed by atoms with Gasteiger partial charge in [0, 0.05) is 17.4 Å². The number of aryl methyl sites for hydroxylation is 3. The molecule has 0 aliphatic heterocycles. The number of hydrogen-bond acceptors (Lipinski definition) is 6. The maximum absolute atomic E-state index is 13.0. The van der Waals surface area contributed by atoms with Crippen molar-refractivity contribution in [3.8, 4) is 0 Å². The van der Waals surface area contributed by atoms with Crippen LogP contribution in [-0.4, -0.2) is 43.9 Å². The first-order valence-corrected chi connectivity index (χ1v) is 10.9. The number of thioether (sulfide) groups is 1. The lowest BCUT2D eigenvalue weighted by Crippen LogP contribution is -2.16. The van der Waals surface area contributed by atoms with E-state index >= 15 is 0 Å². The Balaban J connectivity index is 1.78. The molecule has 152 valence electrons. The van der Waals surface area contributed by atoms with Gasteiger partial charge in [0.1, 0.15) is 5.82 Å². The first-order valence-electron chi connectivity index (χ1n) is 9.87. The van der Waals surface area contributed by atoms with Crippen LogP contribution in [0, 0.1) is 20.8 Å². The molecule has 2 heterocycles. The van der Waals surface area contributed by atoms with Crippen LogP contribution in [0.5, 0.6) is 0 Å². The highest BCUT2D eigenvalue weighted by Gasteiger charge is 2.27. The fourth-order valence-electron chi connectivity index (χ4n) is 4.00. The number of rotatable bonds is 7. The van der Waals surface area contributed by atoms with Gasteiger partial charge in [-0.1, -0.05) is 31.0 Å².